The number of ether oxygens (including phenoxy) is 3. The van der Waals surface area contributed by atoms with Crippen molar-refractivity contribution < 1.29 is 28.9 Å². The number of carbonyl (C=O) groups is 2. The fourth-order valence-corrected chi connectivity index (χ4v) is 6.08. The topological polar surface area (TPSA) is 97.4 Å². The predicted molar refractivity (Wildman–Crippen MR) is 127 cm³/mol. The molecule has 0 spiro atoms. The Morgan fingerprint density at radius 1 is 1.41 bits per heavy atom. The number of rotatable bonds is 10. The lowest BCUT2D eigenvalue weighted by Crippen LogP contribution is -2.70. The summed E-state index contributed by atoms with van der Waals surface area (Å²) in [5.41, 5.74) is -1.72. The van der Waals surface area contributed by atoms with Gasteiger partial charge in [0.25, 0.3) is 0 Å². The normalized spacial score (nSPS) is 36.2. The van der Waals surface area contributed by atoms with Crippen LogP contribution in [-0.4, -0.2) is 65.4 Å². The third-order valence-corrected chi connectivity index (χ3v) is 7.69. The second-order valence-electron chi connectivity index (χ2n) is 9.04. The SMILES string of the molecule is C=CCCC1(O)CCC(OC(=O)NC(=O)CCl)C(OC)C1(CS)C1(C)OC1CC=C(C)C. The molecule has 2 fully saturated rings. The molecule has 0 aromatic heterocycles. The van der Waals surface area contributed by atoms with Crippen molar-refractivity contribution in [2.24, 2.45) is 5.41 Å². The van der Waals surface area contributed by atoms with Crippen LogP contribution in [0.4, 0.5) is 4.79 Å². The van der Waals surface area contributed by atoms with Gasteiger partial charge in [0, 0.05) is 12.9 Å². The molecule has 0 bridgehead atoms. The average Bonchev–Trinajstić information content (AvgIpc) is 3.42. The zero-order chi connectivity index (χ0) is 24.2. The van der Waals surface area contributed by atoms with Gasteiger partial charge < -0.3 is 19.3 Å². The highest BCUT2D eigenvalue weighted by molar-refractivity contribution is 7.80. The van der Waals surface area contributed by atoms with Crippen LogP contribution in [0.25, 0.3) is 0 Å². The monoisotopic (exact) mass is 489 g/mol. The largest absolute Gasteiger partial charge is 0.443 e. The zero-order valence-electron chi connectivity index (χ0n) is 19.4. The highest BCUT2D eigenvalue weighted by Gasteiger charge is 2.76. The lowest BCUT2D eigenvalue weighted by Gasteiger charge is -2.58. The van der Waals surface area contributed by atoms with Gasteiger partial charge in [-0.2, -0.15) is 12.6 Å². The maximum Gasteiger partial charge on any atom is 0.414 e. The van der Waals surface area contributed by atoms with E-state index in [1.54, 1.807) is 6.08 Å². The van der Waals surface area contributed by atoms with E-state index in [0.29, 0.717) is 32.1 Å². The van der Waals surface area contributed by atoms with Gasteiger partial charge >= 0.3 is 6.09 Å². The first-order valence-electron chi connectivity index (χ1n) is 10.9. The smallest absolute Gasteiger partial charge is 0.414 e. The number of imide groups is 1. The van der Waals surface area contributed by atoms with Crippen molar-refractivity contribution in [3.05, 3.63) is 24.3 Å². The second-order valence-corrected chi connectivity index (χ2v) is 9.62. The molecular weight excluding hydrogens is 454 g/mol. The maximum atomic E-state index is 12.3. The molecule has 2 rings (SSSR count). The van der Waals surface area contributed by atoms with Gasteiger partial charge in [-0.05, 0) is 52.9 Å². The number of allylic oxidation sites excluding steroid dienone is 2. The van der Waals surface area contributed by atoms with Crippen molar-refractivity contribution in [3.63, 3.8) is 0 Å². The van der Waals surface area contributed by atoms with Crippen molar-refractivity contribution in [1.29, 1.82) is 0 Å². The fourth-order valence-electron chi connectivity index (χ4n) is 5.22. The molecule has 1 aliphatic heterocycles. The van der Waals surface area contributed by atoms with Gasteiger partial charge in [0.1, 0.15) is 23.7 Å². The summed E-state index contributed by atoms with van der Waals surface area (Å²) in [7, 11) is 1.52. The van der Waals surface area contributed by atoms with Crippen LogP contribution in [0.1, 0.15) is 52.9 Å². The Hall–Kier alpha value is -1.06. The van der Waals surface area contributed by atoms with Crippen LogP contribution in [0.5, 0.6) is 0 Å². The summed E-state index contributed by atoms with van der Waals surface area (Å²) in [5, 5.41) is 14.1. The van der Waals surface area contributed by atoms with Crippen molar-refractivity contribution in [3.8, 4) is 0 Å². The standard InChI is InChI=1S/C23H36ClNO6S/c1-6-7-11-22(28)12-10-16(30-20(27)25-18(26)13-24)19(29-5)23(22,14-32)21(4)17(31-21)9-8-15(2)3/h6,8,16-17,19,28,32H,1,7,9-14H2,2-5H3,(H,25,26,27). The third kappa shape index (κ3) is 5.04. The minimum atomic E-state index is -1.18. The number of carbonyl (C=O) groups excluding carboxylic acids is 2. The molecule has 0 aromatic carbocycles. The van der Waals surface area contributed by atoms with E-state index in [1.165, 1.54) is 12.7 Å². The summed E-state index contributed by atoms with van der Waals surface area (Å²) >= 11 is 10.2. The number of amides is 2. The molecule has 1 saturated heterocycles. The lowest BCUT2D eigenvalue weighted by molar-refractivity contribution is -0.231. The van der Waals surface area contributed by atoms with Crippen LogP contribution in [0, 0.1) is 5.41 Å². The fraction of sp³-hybridized carbons (Fsp3) is 0.739. The minimum Gasteiger partial charge on any atom is -0.443 e. The molecule has 9 heteroatoms. The Morgan fingerprint density at radius 2 is 2.09 bits per heavy atom. The molecular formula is C23H36ClNO6S. The molecule has 1 aliphatic carbocycles. The summed E-state index contributed by atoms with van der Waals surface area (Å²) in [6.07, 6.45) is 3.91. The van der Waals surface area contributed by atoms with Crippen molar-refractivity contribution in [1.82, 2.24) is 5.32 Å². The minimum absolute atomic E-state index is 0.136. The number of alkyl carbamates (subject to hydrolysis) is 1. The molecule has 2 N–H and O–H groups in total. The number of epoxide rings is 1. The predicted octanol–water partition coefficient (Wildman–Crippen LogP) is 3.78. The van der Waals surface area contributed by atoms with E-state index in [-0.39, 0.29) is 17.7 Å². The van der Waals surface area contributed by atoms with Gasteiger partial charge in [0.15, 0.2) is 0 Å². The highest BCUT2D eigenvalue weighted by Crippen LogP contribution is 2.64. The Kier molecular flexibility index (Phi) is 9.27. The molecule has 1 saturated carbocycles. The number of halogens is 1. The van der Waals surface area contributed by atoms with Gasteiger partial charge in [-0.1, -0.05) is 17.7 Å². The number of hydrogen-bond acceptors (Lipinski definition) is 7. The van der Waals surface area contributed by atoms with E-state index in [1.807, 2.05) is 20.8 Å². The Morgan fingerprint density at radius 3 is 2.62 bits per heavy atom. The first-order chi connectivity index (χ1) is 15.0. The van der Waals surface area contributed by atoms with Gasteiger partial charge in [-0.3, -0.25) is 10.1 Å². The molecule has 2 amide bonds. The molecule has 2 aliphatic rings. The molecule has 32 heavy (non-hydrogen) atoms. The number of aliphatic hydroxyl groups is 1. The number of hydrogen-bond donors (Lipinski definition) is 3. The van der Waals surface area contributed by atoms with Crippen LogP contribution in [0.15, 0.2) is 24.3 Å². The molecule has 7 nitrogen and oxygen atoms in total. The van der Waals surface area contributed by atoms with Crippen LogP contribution in [0.2, 0.25) is 0 Å². The Bertz CT molecular complexity index is 744. The van der Waals surface area contributed by atoms with Gasteiger partial charge in [0.2, 0.25) is 5.91 Å². The second kappa shape index (κ2) is 10.9. The van der Waals surface area contributed by atoms with Gasteiger partial charge in [0.05, 0.1) is 17.1 Å². The summed E-state index contributed by atoms with van der Waals surface area (Å²) in [6.45, 7) is 9.82. The zero-order valence-corrected chi connectivity index (χ0v) is 21.0. The molecule has 0 aromatic rings. The van der Waals surface area contributed by atoms with Gasteiger partial charge in [-0.25, -0.2) is 4.79 Å². The third-order valence-electron chi connectivity index (χ3n) is 6.95. The lowest BCUT2D eigenvalue weighted by atomic mass is 9.53. The number of thiol groups is 1. The average molecular weight is 490 g/mol. The van der Waals surface area contributed by atoms with Crippen molar-refractivity contribution in [2.45, 2.75) is 82.4 Å². The van der Waals surface area contributed by atoms with E-state index in [9.17, 15) is 14.7 Å². The summed E-state index contributed by atoms with van der Waals surface area (Å²) in [4.78, 5) is 23.8. The Balaban J connectivity index is 2.44. The van der Waals surface area contributed by atoms with E-state index in [2.05, 4.69) is 18.0 Å². The number of nitrogens with one attached hydrogen (secondary N) is 1. The molecule has 182 valence electrons. The number of methoxy groups -OCH3 is 1. The van der Waals surface area contributed by atoms with Crippen LogP contribution in [0.3, 0.4) is 0 Å². The summed E-state index contributed by atoms with van der Waals surface area (Å²) in [6, 6.07) is 0. The maximum absolute atomic E-state index is 12.3. The summed E-state index contributed by atoms with van der Waals surface area (Å²) in [5.74, 6) is -0.750. The summed E-state index contributed by atoms with van der Waals surface area (Å²) < 4.78 is 17.7. The van der Waals surface area contributed by atoms with Crippen molar-refractivity contribution >= 4 is 36.2 Å². The van der Waals surface area contributed by atoms with E-state index < -0.39 is 40.8 Å². The first kappa shape index (κ1) is 27.2. The number of alkyl halides is 1. The van der Waals surface area contributed by atoms with E-state index in [0.717, 1.165) is 0 Å². The van der Waals surface area contributed by atoms with Gasteiger partial charge in [-0.15, -0.1) is 18.2 Å². The van der Waals surface area contributed by atoms with Crippen molar-refractivity contribution in [2.75, 3.05) is 18.7 Å². The molecule has 0 radical (unpaired) electrons. The van der Waals surface area contributed by atoms with Crippen LogP contribution < -0.4 is 5.32 Å². The molecule has 6 atom stereocenters. The molecule has 1 heterocycles. The Labute approximate surface area is 201 Å². The quantitative estimate of drug-likeness (QED) is 0.187. The van der Waals surface area contributed by atoms with E-state index >= 15 is 0 Å². The van der Waals surface area contributed by atoms with Crippen LogP contribution >= 0.6 is 24.2 Å². The van der Waals surface area contributed by atoms with E-state index in [4.69, 9.17) is 38.4 Å². The first-order valence-corrected chi connectivity index (χ1v) is 12.1. The highest BCUT2D eigenvalue weighted by atomic mass is 35.5. The molecule has 6 unspecified atom stereocenters. The van der Waals surface area contributed by atoms with Crippen LogP contribution in [-0.2, 0) is 19.0 Å².